The van der Waals surface area contributed by atoms with Gasteiger partial charge in [0.25, 0.3) is 5.91 Å². The molecule has 2 rings (SSSR count). The molecule has 0 saturated carbocycles. The first-order valence-corrected chi connectivity index (χ1v) is 9.87. The lowest BCUT2D eigenvalue weighted by atomic mass is 9.44. The fraction of sp³-hybridized carbons (Fsp3) is 0.889. The molecule has 0 spiro atoms. The molecule has 0 aromatic carbocycles. The number of hydrogen-bond acceptors (Lipinski definition) is 8. The summed E-state index contributed by atoms with van der Waals surface area (Å²) in [6, 6.07) is 0. The van der Waals surface area contributed by atoms with E-state index in [1.54, 1.807) is 0 Å². The van der Waals surface area contributed by atoms with E-state index >= 15 is 0 Å². The van der Waals surface area contributed by atoms with Gasteiger partial charge in [0.05, 0.1) is 5.41 Å². The highest BCUT2D eigenvalue weighted by Crippen LogP contribution is 2.62. The van der Waals surface area contributed by atoms with Crippen molar-refractivity contribution in [2.24, 2.45) is 33.4 Å². The number of likely N-dealkylation sites (tertiary alicyclic amines) is 2. The topological polar surface area (TPSA) is 162 Å². The third kappa shape index (κ3) is 3.64. The number of rotatable bonds is 7. The molecule has 0 atom stereocenters. The molecule has 0 aromatic heterocycles. The van der Waals surface area contributed by atoms with E-state index in [4.69, 9.17) is 17.2 Å². The Hall–Kier alpha value is -1.30. The number of nitrogens with zero attached hydrogens (tertiary/aromatic N) is 3. The maximum absolute atomic E-state index is 13.5. The SMILES string of the molecule is CN1CCC(CN)(C(CC(N)=O)(C(=O)N(O)O)C2(CN)CCN(C)CC2)CC1. The van der Waals surface area contributed by atoms with Crippen LogP contribution in [0.5, 0.6) is 0 Å². The van der Waals surface area contributed by atoms with E-state index in [1.165, 1.54) is 0 Å². The zero-order valence-corrected chi connectivity index (χ0v) is 17.1. The second-order valence-electron chi connectivity index (χ2n) is 8.72. The van der Waals surface area contributed by atoms with Crippen molar-refractivity contribution >= 4 is 11.8 Å². The zero-order valence-electron chi connectivity index (χ0n) is 17.1. The third-order valence-corrected chi connectivity index (χ3v) is 7.47. The Morgan fingerprint density at radius 2 is 1.29 bits per heavy atom. The molecule has 162 valence electrons. The summed E-state index contributed by atoms with van der Waals surface area (Å²) >= 11 is 0. The van der Waals surface area contributed by atoms with Gasteiger partial charge in [0, 0.05) is 17.3 Å². The Bertz CT molecular complexity index is 538. The van der Waals surface area contributed by atoms with Gasteiger partial charge in [-0.05, 0) is 79.0 Å². The summed E-state index contributed by atoms with van der Waals surface area (Å²) in [6.45, 7) is 2.99. The van der Waals surface area contributed by atoms with E-state index in [2.05, 4.69) is 9.80 Å². The molecular formula is C18H36N6O4. The van der Waals surface area contributed by atoms with Gasteiger partial charge in [-0.2, -0.15) is 0 Å². The Kier molecular flexibility index (Phi) is 7.06. The standard InChI is InChI=1S/C18H36N6O4/c1-22-7-3-16(12-19,4-8-22)18(11-14(21)25,15(26)24(27)28)17(13-20)5-9-23(2)10-6-17/h27-28H,3-13,19-20H2,1-2H3,(H2,21,25). The summed E-state index contributed by atoms with van der Waals surface area (Å²) in [7, 11) is 3.97. The molecule has 2 saturated heterocycles. The van der Waals surface area contributed by atoms with Crippen LogP contribution in [0.15, 0.2) is 0 Å². The van der Waals surface area contributed by atoms with Crippen LogP contribution < -0.4 is 17.2 Å². The normalized spacial score (nSPS) is 23.4. The summed E-state index contributed by atoms with van der Waals surface area (Å²) in [5.41, 5.74) is 15.1. The van der Waals surface area contributed by atoms with Crippen molar-refractivity contribution in [2.45, 2.75) is 32.1 Å². The fourth-order valence-electron chi connectivity index (χ4n) is 5.60. The lowest BCUT2D eigenvalue weighted by molar-refractivity contribution is -0.305. The molecule has 10 heteroatoms. The summed E-state index contributed by atoms with van der Waals surface area (Å²) in [6.07, 6.45) is 1.87. The minimum absolute atomic E-state index is 0.130. The van der Waals surface area contributed by atoms with Crippen molar-refractivity contribution in [1.29, 1.82) is 0 Å². The first-order valence-electron chi connectivity index (χ1n) is 9.87. The average molecular weight is 401 g/mol. The first kappa shape index (κ1) is 23.0. The molecule has 2 aliphatic heterocycles. The molecule has 0 bridgehead atoms. The van der Waals surface area contributed by atoms with Gasteiger partial charge in [0.15, 0.2) is 0 Å². The number of hydrogen-bond donors (Lipinski definition) is 5. The summed E-state index contributed by atoms with van der Waals surface area (Å²) in [5.74, 6) is -1.61. The van der Waals surface area contributed by atoms with E-state index in [1.807, 2.05) is 14.1 Å². The lowest BCUT2D eigenvalue weighted by Gasteiger charge is -2.62. The lowest BCUT2D eigenvalue weighted by Crippen LogP contribution is -2.69. The predicted molar refractivity (Wildman–Crippen MR) is 103 cm³/mol. The van der Waals surface area contributed by atoms with Crippen LogP contribution in [0.3, 0.4) is 0 Å². The summed E-state index contributed by atoms with van der Waals surface area (Å²) < 4.78 is 0. The fourth-order valence-corrected chi connectivity index (χ4v) is 5.60. The number of carbonyl (C=O) groups excluding carboxylic acids is 2. The predicted octanol–water partition coefficient (Wildman–Crippen LogP) is -1.20. The van der Waals surface area contributed by atoms with Crippen molar-refractivity contribution in [3.8, 4) is 0 Å². The highest BCUT2D eigenvalue weighted by Gasteiger charge is 2.67. The first-order chi connectivity index (χ1) is 13.1. The number of piperidine rings is 2. The molecule has 2 heterocycles. The van der Waals surface area contributed by atoms with Gasteiger partial charge >= 0.3 is 0 Å². The Labute approximate surface area is 166 Å². The molecule has 0 unspecified atom stereocenters. The van der Waals surface area contributed by atoms with E-state index < -0.39 is 28.1 Å². The zero-order chi connectivity index (χ0) is 21.2. The van der Waals surface area contributed by atoms with Crippen molar-refractivity contribution in [3.05, 3.63) is 0 Å². The van der Waals surface area contributed by atoms with Crippen molar-refractivity contribution in [2.75, 3.05) is 53.4 Å². The second kappa shape index (κ2) is 8.60. The van der Waals surface area contributed by atoms with Crippen molar-refractivity contribution in [3.63, 3.8) is 0 Å². The number of amides is 2. The monoisotopic (exact) mass is 400 g/mol. The molecule has 28 heavy (non-hydrogen) atoms. The van der Waals surface area contributed by atoms with Gasteiger partial charge < -0.3 is 27.0 Å². The largest absolute Gasteiger partial charge is 0.370 e. The second-order valence-corrected chi connectivity index (χ2v) is 8.72. The van der Waals surface area contributed by atoms with Crippen molar-refractivity contribution < 1.29 is 20.0 Å². The Morgan fingerprint density at radius 1 is 0.929 bits per heavy atom. The molecule has 0 aliphatic carbocycles. The van der Waals surface area contributed by atoms with Gasteiger partial charge in [-0.1, -0.05) is 5.23 Å². The maximum atomic E-state index is 13.5. The van der Waals surface area contributed by atoms with Gasteiger partial charge in [0.1, 0.15) is 0 Å². The van der Waals surface area contributed by atoms with Crippen LogP contribution in [0.2, 0.25) is 0 Å². The molecule has 0 aromatic rings. The number of nitrogens with two attached hydrogens (primary N) is 3. The van der Waals surface area contributed by atoms with Crippen LogP contribution in [0.1, 0.15) is 32.1 Å². The van der Waals surface area contributed by atoms with Gasteiger partial charge in [-0.3, -0.25) is 20.0 Å². The molecule has 2 amide bonds. The number of primary amides is 1. The Balaban J connectivity index is 2.73. The quantitative estimate of drug-likeness (QED) is 0.263. The van der Waals surface area contributed by atoms with Crippen LogP contribution in [0.25, 0.3) is 0 Å². The highest BCUT2D eigenvalue weighted by molar-refractivity contribution is 5.89. The van der Waals surface area contributed by atoms with Crippen LogP contribution >= 0.6 is 0 Å². The molecule has 8 N–H and O–H groups in total. The summed E-state index contributed by atoms with van der Waals surface area (Å²) in [4.78, 5) is 30.0. The maximum Gasteiger partial charge on any atom is 0.280 e. The van der Waals surface area contributed by atoms with Crippen LogP contribution in [0.4, 0.5) is 0 Å². The van der Waals surface area contributed by atoms with E-state index in [9.17, 15) is 20.0 Å². The van der Waals surface area contributed by atoms with Crippen LogP contribution in [0, 0.1) is 16.2 Å². The number of hydroxylamine groups is 2. The van der Waals surface area contributed by atoms with E-state index in [-0.39, 0.29) is 24.7 Å². The molecule has 0 radical (unpaired) electrons. The molecular weight excluding hydrogens is 364 g/mol. The third-order valence-electron chi connectivity index (χ3n) is 7.47. The van der Waals surface area contributed by atoms with Crippen molar-refractivity contribution in [1.82, 2.24) is 15.0 Å². The highest BCUT2D eigenvalue weighted by atomic mass is 16.8. The molecule has 10 nitrogen and oxygen atoms in total. The average Bonchev–Trinajstić information content (AvgIpc) is 2.67. The minimum atomic E-state index is -1.48. The van der Waals surface area contributed by atoms with Gasteiger partial charge in [-0.25, -0.2) is 0 Å². The smallest absolute Gasteiger partial charge is 0.280 e. The number of carbonyl (C=O) groups is 2. The Morgan fingerprint density at radius 3 is 1.54 bits per heavy atom. The van der Waals surface area contributed by atoms with E-state index in [0.29, 0.717) is 51.9 Å². The molecule has 2 aliphatic rings. The summed E-state index contributed by atoms with van der Waals surface area (Å²) in [5, 5.41) is 19.3. The van der Waals surface area contributed by atoms with Gasteiger partial charge in [-0.15, -0.1) is 0 Å². The van der Waals surface area contributed by atoms with E-state index in [0.717, 1.165) is 0 Å². The van der Waals surface area contributed by atoms with Crippen LogP contribution in [-0.2, 0) is 9.59 Å². The van der Waals surface area contributed by atoms with Gasteiger partial charge in [0.2, 0.25) is 5.91 Å². The van der Waals surface area contributed by atoms with Crippen LogP contribution in [-0.4, -0.2) is 90.6 Å². The molecule has 2 fully saturated rings. The minimum Gasteiger partial charge on any atom is -0.370 e.